The summed E-state index contributed by atoms with van der Waals surface area (Å²) in [6.07, 6.45) is 1.47. The lowest BCUT2D eigenvalue weighted by Gasteiger charge is -2.13. The molecule has 0 saturated carbocycles. The molecule has 2 rings (SSSR count). The maximum Gasteiger partial charge on any atom is 0.323 e. The van der Waals surface area contributed by atoms with Crippen LogP contribution in [0.5, 0.6) is 0 Å². The zero-order valence-electron chi connectivity index (χ0n) is 10.4. The molecule has 0 aromatic heterocycles. The van der Waals surface area contributed by atoms with Crippen LogP contribution in [0, 0.1) is 5.92 Å². The largest absolute Gasteiger partial charge is 0.464 e. The Kier molecular flexibility index (Phi) is 4.73. The lowest BCUT2D eigenvalue weighted by Crippen LogP contribution is -2.35. The highest BCUT2D eigenvalue weighted by molar-refractivity contribution is 5.75. The molecule has 2 atom stereocenters. The van der Waals surface area contributed by atoms with E-state index in [-0.39, 0.29) is 5.97 Å². The number of hydrogen-bond donors (Lipinski definition) is 1. The molecule has 1 saturated heterocycles. The highest BCUT2D eigenvalue weighted by atomic mass is 16.5. The van der Waals surface area contributed by atoms with Crippen LogP contribution in [0.3, 0.4) is 0 Å². The van der Waals surface area contributed by atoms with Crippen molar-refractivity contribution in [3.8, 4) is 0 Å². The van der Waals surface area contributed by atoms with Crippen LogP contribution in [0.25, 0.3) is 0 Å². The van der Waals surface area contributed by atoms with Crippen molar-refractivity contribution in [3.63, 3.8) is 0 Å². The van der Waals surface area contributed by atoms with Crippen molar-refractivity contribution in [2.24, 2.45) is 11.7 Å². The van der Waals surface area contributed by atoms with Crippen molar-refractivity contribution in [2.75, 3.05) is 19.8 Å². The second kappa shape index (κ2) is 6.52. The van der Waals surface area contributed by atoms with E-state index < -0.39 is 6.04 Å². The molecule has 0 aliphatic carbocycles. The first kappa shape index (κ1) is 13.1. The average Bonchev–Trinajstić information content (AvgIpc) is 2.90. The van der Waals surface area contributed by atoms with E-state index in [4.69, 9.17) is 15.2 Å². The van der Waals surface area contributed by atoms with Crippen molar-refractivity contribution >= 4 is 5.97 Å². The first-order valence-corrected chi connectivity index (χ1v) is 6.29. The van der Waals surface area contributed by atoms with Crippen molar-refractivity contribution in [1.82, 2.24) is 0 Å². The second-order valence-electron chi connectivity index (χ2n) is 4.66. The quantitative estimate of drug-likeness (QED) is 0.795. The molecule has 4 heteroatoms. The van der Waals surface area contributed by atoms with Gasteiger partial charge in [-0.2, -0.15) is 0 Å². The molecule has 18 heavy (non-hydrogen) atoms. The van der Waals surface area contributed by atoms with Gasteiger partial charge in [0.25, 0.3) is 0 Å². The summed E-state index contributed by atoms with van der Waals surface area (Å²) in [4.78, 5) is 11.7. The van der Waals surface area contributed by atoms with Gasteiger partial charge in [0.15, 0.2) is 0 Å². The number of hydrogen-bond acceptors (Lipinski definition) is 4. The summed E-state index contributed by atoms with van der Waals surface area (Å²) < 4.78 is 10.4. The summed E-state index contributed by atoms with van der Waals surface area (Å²) in [7, 11) is 0. The molecule has 98 valence electrons. The second-order valence-corrected chi connectivity index (χ2v) is 4.66. The van der Waals surface area contributed by atoms with E-state index in [1.165, 1.54) is 0 Å². The minimum Gasteiger partial charge on any atom is -0.464 e. The molecule has 1 aromatic carbocycles. The Balaban J connectivity index is 1.74. The smallest absolute Gasteiger partial charge is 0.323 e. The van der Waals surface area contributed by atoms with Gasteiger partial charge >= 0.3 is 5.97 Å². The molecule has 1 unspecified atom stereocenters. The molecule has 4 nitrogen and oxygen atoms in total. The molecule has 0 amide bonds. The molecular weight excluding hydrogens is 230 g/mol. The van der Waals surface area contributed by atoms with Gasteiger partial charge in [0.2, 0.25) is 0 Å². The highest BCUT2D eigenvalue weighted by Crippen LogP contribution is 2.12. The Hall–Kier alpha value is -1.39. The minimum absolute atomic E-state index is 0.328. The number of rotatable bonds is 5. The first-order valence-electron chi connectivity index (χ1n) is 6.29. The van der Waals surface area contributed by atoms with Gasteiger partial charge in [-0.15, -0.1) is 0 Å². The molecule has 2 N–H and O–H groups in total. The van der Waals surface area contributed by atoms with E-state index in [2.05, 4.69) is 0 Å². The lowest BCUT2D eigenvalue weighted by atomic mass is 10.1. The number of carbonyl (C=O) groups is 1. The van der Waals surface area contributed by atoms with E-state index in [9.17, 15) is 4.79 Å². The topological polar surface area (TPSA) is 61.6 Å². The van der Waals surface area contributed by atoms with Crippen molar-refractivity contribution in [2.45, 2.75) is 18.9 Å². The third-order valence-corrected chi connectivity index (χ3v) is 3.09. The van der Waals surface area contributed by atoms with Gasteiger partial charge in [-0.05, 0) is 18.4 Å². The maximum absolute atomic E-state index is 11.7. The summed E-state index contributed by atoms with van der Waals surface area (Å²) in [6.45, 7) is 1.86. The molecule has 0 spiro atoms. The number of esters is 1. The molecule has 0 bridgehead atoms. The van der Waals surface area contributed by atoms with E-state index in [0.717, 1.165) is 18.6 Å². The summed E-state index contributed by atoms with van der Waals surface area (Å²) in [5.74, 6) is 0.00336. The van der Waals surface area contributed by atoms with Crippen molar-refractivity contribution in [1.29, 1.82) is 0 Å². The van der Waals surface area contributed by atoms with Crippen molar-refractivity contribution in [3.05, 3.63) is 35.9 Å². The van der Waals surface area contributed by atoms with E-state index in [1.54, 1.807) is 0 Å². The van der Waals surface area contributed by atoms with E-state index >= 15 is 0 Å². The summed E-state index contributed by atoms with van der Waals surface area (Å²) in [5, 5.41) is 0. The van der Waals surface area contributed by atoms with Crippen LogP contribution < -0.4 is 5.73 Å². The molecule has 1 aliphatic heterocycles. The average molecular weight is 249 g/mol. The summed E-state index contributed by atoms with van der Waals surface area (Å²) in [6, 6.07) is 9.13. The fourth-order valence-corrected chi connectivity index (χ4v) is 1.97. The predicted molar refractivity (Wildman–Crippen MR) is 68.0 cm³/mol. The number of nitrogens with two attached hydrogens (primary N) is 1. The van der Waals surface area contributed by atoms with E-state index in [1.807, 2.05) is 30.3 Å². The Morgan fingerprint density at radius 2 is 2.22 bits per heavy atom. The van der Waals surface area contributed by atoms with Gasteiger partial charge in [0, 0.05) is 12.5 Å². The summed E-state index contributed by atoms with van der Waals surface area (Å²) in [5.41, 5.74) is 6.88. The summed E-state index contributed by atoms with van der Waals surface area (Å²) >= 11 is 0. The standard InChI is InChI=1S/C14H19NO3/c15-13(8-11-4-2-1-3-5-11)14(16)18-10-12-6-7-17-9-12/h1-5,12-13H,6-10,15H2/t12?,13-/m0/s1. The van der Waals surface area contributed by atoms with Crippen molar-refractivity contribution < 1.29 is 14.3 Å². The number of benzene rings is 1. The fraction of sp³-hybridized carbons (Fsp3) is 0.500. The molecule has 0 radical (unpaired) electrons. The van der Waals surface area contributed by atoms with Crippen LogP contribution in [0.2, 0.25) is 0 Å². The zero-order valence-corrected chi connectivity index (χ0v) is 10.4. The van der Waals surface area contributed by atoms with Gasteiger partial charge in [-0.25, -0.2) is 0 Å². The Labute approximate surface area is 107 Å². The Morgan fingerprint density at radius 1 is 1.44 bits per heavy atom. The van der Waals surface area contributed by atoms with Crippen LogP contribution in [0.1, 0.15) is 12.0 Å². The molecule has 1 heterocycles. The van der Waals surface area contributed by atoms with Gasteiger partial charge in [-0.1, -0.05) is 30.3 Å². The number of ether oxygens (including phenoxy) is 2. The molecule has 1 aliphatic rings. The monoisotopic (exact) mass is 249 g/mol. The van der Waals surface area contributed by atoms with Crippen LogP contribution in [0.4, 0.5) is 0 Å². The molecule has 1 aromatic rings. The zero-order chi connectivity index (χ0) is 12.8. The fourth-order valence-electron chi connectivity index (χ4n) is 1.97. The van der Waals surface area contributed by atoms with Crippen LogP contribution >= 0.6 is 0 Å². The van der Waals surface area contributed by atoms with Crippen LogP contribution in [0.15, 0.2) is 30.3 Å². The normalized spacial score (nSPS) is 20.6. The van der Waals surface area contributed by atoms with Gasteiger partial charge in [0.1, 0.15) is 6.04 Å². The molecular formula is C14H19NO3. The highest BCUT2D eigenvalue weighted by Gasteiger charge is 2.20. The first-order chi connectivity index (χ1) is 8.75. The van der Waals surface area contributed by atoms with Gasteiger partial charge in [-0.3, -0.25) is 4.79 Å². The van der Waals surface area contributed by atoms with Crippen LogP contribution in [-0.4, -0.2) is 31.8 Å². The predicted octanol–water partition coefficient (Wildman–Crippen LogP) is 1.14. The third kappa shape index (κ3) is 3.82. The minimum atomic E-state index is -0.588. The lowest BCUT2D eigenvalue weighted by molar-refractivity contribution is -0.146. The molecule has 1 fully saturated rings. The van der Waals surface area contributed by atoms with Gasteiger partial charge in [0.05, 0.1) is 13.2 Å². The number of carbonyl (C=O) groups excluding carboxylic acids is 1. The SMILES string of the molecule is N[C@@H](Cc1ccccc1)C(=O)OCC1CCOC1. The van der Waals surface area contributed by atoms with Crippen LogP contribution in [-0.2, 0) is 20.7 Å². The maximum atomic E-state index is 11.7. The third-order valence-electron chi connectivity index (χ3n) is 3.09. The van der Waals surface area contributed by atoms with Gasteiger partial charge < -0.3 is 15.2 Å². The Bertz CT molecular complexity index is 374. The Morgan fingerprint density at radius 3 is 2.89 bits per heavy atom. The van der Waals surface area contributed by atoms with E-state index in [0.29, 0.717) is 25.6 Å².